The predicted octanol–water partition coefficient (Wildman–Crippen LogP) is 1.77. The molecule has 0 N–H and O–H groups in total. The lowest BCUT2D eigenvalue weighted by Crippen LogP contribution is -2.07. The van der Waals surface area contributed by atoms with Crippen LogP contribution in [0.15, 0.2) is 35.6 Å². The Bertz CT molecular complexity index is 280. The molecular formula is C10H13O2+. The van der Waals surface area contributed by atoms with E-state index in [9.17, 15) is 0 Å². The van der Waals surface area contributed by atoms with E-state index >= 15 is 0 Å². The van der Waals surface area contributed by atoms with Crippen molar-refractivity contribution in [2.45, 2.75) is 6.92 Å². The van der Waals surface area contributed by atoms with Crippen molar-refractivity contribution in [2.24, 2.45) is 0 Å². The summed E-state index contributed by atoms with van der Waals surface area (Å²) in [6.45, 7) is 1.99. The Morgan fingerprint density at radius 3 is 2.67 bits per heavy atom. The average Bonchev–Trinajstić information content (AvgIpc) is 2.16. The highest BCUT2D eigenvalue weighted by Crippen LogP contribution is 2.13. The molecular weight excluding hydrogens is 152 g/mol. The quantitative estimate of drug-likeness (QED) is 0.542. The summed E-state index contributed by atoms with van der Waals surface area (Å²) in [7, 11) is 3.27. The lowest BCUT2D eigenvalue weighted by molar-refractivity contribution is -0.419. The molecule has 0 aromatic rings. The molecule has 0 amide bonds. The maximum Gasteiger partial charge on any atom is 0.384 e. The summed E-state index contributed by atoms with van der Waals surface area (Å²) in [6, 6.07) is 0. The van der Waals surface area contributed by atoms with Gasteiger partial charge in [-0.1, -0.05) is 6.08 Å². The van der Waals surface area contributed by atoms with Crippen LogP contribution in [0, 0.1) is 0 Å². The first-order valence-electron chi connectivity index (χ1n) is 3.83. The molecule has 0 saturated carbocycles. The van der Waals surface area contributed by atoms with Gasteiger partial charge < -0.3 is 4.74 Å². The van der Waals surface area contributed by atoms with E-state index in [0.29, 0.717) is 0 Å². The first kappa shape index (κ1) is 8.78. The normalized spacial score (nSPS) is 23.1. The van der Waals surface area contributed by atoms with E-state index in [1.165, 1.54) is 0 Å². The van der Waals surface area contributed by atoms with Gasteiger partial charge in [0.05, 0.1) is 7.11 Å². The Morgan fingerprint density at radius 1 is 1.42 bits per heavy atom. The number of hydrogen-bond donors (Lipinski definition) is 0. The second kappa shape index (κ2) is 3.90. The summed E-state index contributed by atoms with van der Waals surface area (Å²) in [4.78, 5) is 0. The molecule has 12 heavy (non-hydrogen) atoms. The number of rotatable bonds is 1. The van der Waals surface area contributed by atoms with Crippen LogP contribution in [0.3, 0.4) is 0 Å². The highest BCUT2D eigenvalue weighted by molar-refractivity contribution is 6.04. The molecule has 0 aromatic heterocycles. The van der Waals surface area contributed by atoms with E-state index < -0.39 is 0 Å². The van der Waals surface area contributed by atoms with Gasteiger partial charge in [-0.05, 0) is 24.6 Å². The number of ether oxygens (including phenoxy) is 1. The summed E-state index contributed by atoms with van der Waals surface area (Å²) in [6.07, 6.45) is 7.84. The third-order valence-electron chi connectivity index (χ3n) is 1.74. The maximum atomic E-state index is 5.13. The lowest BCUT2D eigenvalue weighted by Gasteiger charge is -2.03. The van der Waals surface area contributed by atoms with Gasteiger partial charge >= 0.3 is 5.78 Å². The van der Waals surface area contributed by atoms with Crippen molar-refractivity contribution in [2.75, 3.05) is 14.2 Å². The Kier molecular flexibility index (Phi) is 2.86. The van der Waals surface area contributed by atoms with Gasteiger partial charge in [0, 0.05) is 6.08 Å². The van der Waals surface area contributed by atoms with Crippen LogP contribution < -0.4 is 0 Å². The number of allylic oxidation sites excluding steroid dienone is 5. The molecule has 1 rings (SSSR count). The Balaban J connectivity index is 2.99. The molecule has 0 atom stereocenters. The summed E-state index contributed by atoms with van der Waals surface area (Å²) in [5, 5.41) is 0. The Hall–Kier alpha value is -1.31. The number of methoxy groups -OCH3 is 1. The van der Waals surface area contributed by atoms with E-state index in [2.05, 4.69) is 0 Å². The van der Waals surface area contributed by atoms with Crippen molar-refractivity contribution >= 4 is 5.78 Å². The second-order valence-electron chi connectivity index (χ2n) is 2.40. The van der Waals surface area contributed by atoms with E-state index in [1.54, 1.807) is 14.2 Å². The summed E-state index contributed by atoms with van der Waals surface area (Å²) in [5.74, 6) is 1.54. The molecule has 1 aliphatic carbocycles. The van der Waals surface area contributed by atoms with E-state index in [4.69, 9.17) is 9.16 Å². The third kappa shape index (κ3) is 1.64. The predicted molar refractivity (Wildman–Crippen MR) is 48.9 cm³/mol. The van der Waals surface area contributed by atoms with Crippen molar-refractivity contribution in [1.29, 1.82) is 0 Å². The molecule has 2 heteroatoms. The number of carbonyl (C=O) groups excluding carboxylic acids is 1. The van der Waals surface area contributed by atoms with Crippen LogP contribution in [-0.2, 0) is 9.16 Å². The molecule has 0 aromatic carbocycles. The standard InChI is InChI=1S/C10H13O2/c1-4-8-5-6-9(11-2)10(7-8)12-3/h4-7H,1-3H3/q+1/b8-4-. The van der Waals surface area contributed by atoms with Crippen molar-refractivity contribution < 1.29 is 9.16 Å². The summed E-state index contributed by atoms with van der Waals surface area (Å²) in [5.41, 5.74) is 1.13. The molecule has 0 spiro atoms. The van der Waals surface area contributed by atoms with E-state index in [1.807, 2.05) is 31.2 Å². The smallest absolute Gasteiger partial charge is 0.384 e. The van der Waals surface area contributed by atoms with Crippen LogP contribution in [0.4, 0.5) is 0 Å². The van der Waals surface area contributed by atoms with Gasteiger partial charge in [-0.2, -0.15) is 0 Å². The average molecular weight is 165 g/mol. The SMILES string of the molecule is C/C=C1/C=CC(=[O+]C)C(OC)=C1. The second-order valence-corrected chi connectivity index (χ2v) is 2.40. The molecule has 0 heterocycles. The van der Waals surface area contributed by atoms with Gasteiger partial charge in [-0.15, -0.1) is 0 Å². The molecule has 0 unspecified atom stereocenters. The fourth-order valence-corrected chi connectivity index (χ4v) is 1.03. The van der Waals surface area contributed by atoms with Crippen LogP contribution in [0.2, 0.25) is 0 Å². The largest absolute Gasteiger partial charge is 0.488 e. The Morgan fingerprint density at radius 2 is 2.17 bits per heavy atom. The molecule has 0 aliphatic heterocycles. The van der Waals surface area contributed by atoms with Gasteiger partial charge in [0.25, 0.3) is 7.11 Å². The minimum atomic E-state index is 0.767. The fraction of sp³-hybridized carbons (Fsp3) is 0.300. The zero-order valence-corrected chi connectivity index (χ0v) is 7.63. The first-order chi connectivity index (χ1) is 5.81. The van der Waals surface area contributed by atoms with Crippen LogP contribution in [0.5, 0.6) is 0 Å². The van der Waals surface area contributed by atoms with Gasteiger partial charge in [0.15, 0.2) is 0 Å². The van der Waals surface area contributed by atoms with Gasteiger partial charge in [0.2, 0.25) is 5.76 Å². The minimum absolute atomic E-state index is 0.767. The molecule has 0 saturated heterocycles. The van der Waals surface area contributed by atoms with Crippen molar-refractivity contribution in [3.8, 4) is 0 Å². The first-order valence-corrected chi connectivity index (χ1v) is 3.83. The van der Waals surface area contributed by atoms with Crippen molar-refractivity contribution in [1.82, 2.24) is 0 Å². The van der Waals surface area contributed by atoms with Gasteiger partial charge in [-0.3, -0.25) is 4.42 Å². The highest BCUT2D eigenvalue weighted by Gasteiger charge is 2.18. The Labute approximate surface area is 72.5 Å². The molecule has 2 nitrogen and oxygen atoms in total. The minimum Gasteiger partial charge on any atom is -0.488 e. The maximum absolute atomic E-state index is 5.13. The van der Waals surface area contributed by atoms with Crippen LogP contribution in [0.25, 0.3) is 0 Å². The lowest BCUT2D eigenvalue weighted by atomic mass is 10.1. The fourth-order valence-electron chi connectivity index (χ4n) is 1.03. The van der Waals surface area contributed by atoms with Crippen molar-refractivity contribution in [3.63, 3.8) is 0 Å². The summed E-state index contributed by atoms with van der Waals surface area (Å²) < 4.78 is 10.2. The molecule has 64 valence electrons. The van der Waals surface area contributed by atoms with Crippen LogP contribution >= 0.6 is 0 Å². The molecule has 0 radical (unpaired) electrons. The third-order valence-corrected chi connectivity index (χ3v) is 1.74. The zero-order chi connectivity index (χ0) is 8.97. The monoisotopic (exact) mass is 165 g/mol. The number of hydrogen-bond acceptors (Lipinski definition) is 1. The van der Waals surface area contributed by atoms with Crippen LogP contribution in [0.1, 0.15) is 6.92 Å². The van der Waals surface area contributed by atoms with Gasteiger partial charge in [0.1, 0.15) is 0 Å². The highest BCUT2D eigenvalue weighted by atomic mass is 16.5. The molecule has 1 aliphatic rings. The van der Waals surface area contributed by atoms with Crippen LogP contribution in [-0.4, -0.2) is 20.0 Å². The topological polar surface area (TPSA) is 20.5 Å². The van der Waals surface area contributed by atoms with Crippen molar-refractivity contribution in [3.05, 3.63) is 35.6 Å². The van der Waals surface area contributed by atoms with E-state index in [0.717, 1.165) is 17.1 Å². The summed E-state index contributed by atoms with van der Waals surface area (Å²) >= 11 is 0. The van der Waals surface area contributed by atoms with E-state index in [-0.39, 0.29) is 0 Å². The van der Waals surface area contributed by atoms with Gasteiger partial charge in [-0.25, -0.2) is 0 Å². The molecule has 0 bridgehead atoms. The zero-order valence-electron chi connectivity index (χ0n) is 7.63. The number of ketones is 1. The molecule has 0 fully saturated rings.